The van der Waals surface area contributed by atoms with Crippen molar-refractivity contribution in [2.45, 2.75) is 6.43 Å². The number of rotatable bonds is 3. The summed E-state index contributed by atoms with van der Waals surface area (Å²) in [5.74, 6) is -3.22. The van der Waals surface area contributed by atoms with Crippen molar-refractivity contribution in [2.75, 3.05) is 17.3 Å². The minimum atomic E-state index is -3.22. The number of hydrogen-bond donors (Lipinski definition) is 2. The van der Waals surface area contributed by atoms with Gasteiger partial charge in [-0.3, -0.25) is 4.90 Å². The lowest BCUT2D eigenvalue weighted by atomic mass is 10.2. The molecule has 0 aliphatic rings. The minimum Gasteiger partial charge on any atom is -0.508 e. The van der Waals surface area contributed by atoms with E-state index in [1.807, 2.05) is 0 Å². The van der Waals surface area contributed by atoms with E-state index in [1.165, 1.54) is 31.3 Å². The molecule has 2 aromatic rings. The van der Waals surface area contributed by atoms with Gasteiger partial charge in [0, 0.05) is 30.6 Å². The number of alkyl halides is 2. The highest BCUT2D eigenvalue weighted by molar-refractivity contribution is 6.01. The summed E-state index contributed by atoms with van der Waals surface area (Å²) < 4.78 is 51.8. The molecular weight excluding hydrogens is 316 g/mol. The van der Waals surface area contributed by atoms with Crippen molar-refractivity contribution in [3.8, 4) is 5.75 Å². The number of anilines is 2. The van der Waals surface area contributed by atoms with E-state index in [9.17, 15) is 27.5 Å². The van der Waals surface area contributed by atoms with Gasteiger partial charge >= 0.3 is 6.03 Å². The molecule has 0 saturated heterocycles. The molecule has 122 valence electrons. The predicted octanol–water partition coefficient (Wildman–Crippen LogP) is 4.28. The van der Waals surface area contributed by atoms with Crippen LogP contribution < -0.4 is 10.2 Å². The number of aromatic hydroxyl groups is 1. The molecule has 2 aromatic carbocycles. The molecule has 8 heteroatoms. The number of phenols is 1. The van der Waals surface area contributed by atoms with Gasteiger partial charge in [0.1, 0.15) is 5.75 Å². The van der Waals surface area contributed by atoms with Crippen LogP contribution in [0.25, 0.3) is 0 Å². The van der Waals surface area contributed by atoms with Gasteiger partial charge in [0.2, 0.25) is 0 Å². The second-order valence-electron chi connectivity index (χ2n) is 4.67. The van der Waals surface area contributed by atoms with Gasteiger partial charge in [-0.15, -0.1) is 0 Å². The normalized spacial score (nSPS) is 10.7. The van der Waals surface area contributed by atoms with Crippen molar-refractivity contribution < 1.29 is 27.5 Å². The molecule has 0 atom stereocenters. The highest BCUT2D eigenvalue weighted by Gasteiger charge is 2.20. The number of amides is 2. The minimum absolute atomic E-state index is 0.0741. The molecule has 0 radical (unpaired) electrons. The van der Waals surface area contributed by atoms with Crippen molar-refractivity contribution in [3.05, 3.63) is 53.6 Å². The van der Waals surface area contributed by atoms with Gasteiger partial charge in [0.25, 0.3) is 6.43 Å². The molecule has 2 rings (SSSR count). The van der Waals surface area contributed by atoms with Gasteiger partial charge in [-0.05, 0) is 18.2 Å². The van der Waals surface area contributed by atoms with Crippen LogP contribution in [0.15, 0.2) is 36.4 Å². The highest BCUT2D eigenvalue weighted by Crippen LogP contribution is 2.28. The Morgan fingerprint density at radius 2 is 1.91 bits per heavy atom. The second-order valence-corrected chi connectivity index (χ2v) is 4.67. The zero-order chi connectivity index (χ0) is 17.1. The van der Waals surface area contributed by atoms with E-state index >= 15 is 0 Å². The molecule has 2 N–H and O–H groups in total. The fourth-order valence-electron chi connectivity index (χ4n) is 1.87. The summed E-state index contributed by atoms with van der Waals surface area (Å²) in [4.78, 5) is 13.1. The molecule has 4 nitrogen and oxygen atoms in total. The maximum absolute atomic E-state index is 13.3. The summed E-state index contributed by atoms with van der Waals surface area (Å²) >= 11 is 0. The third-order valence-corrected chi connectivity index (χ3v) is 3.06. The van der Waals surface area contributed by atoms with Crippen molar-refractivity contribution in [3.63, 3.8) is 0 Å². The van der Waals surface area contributed by atoms with Gasteiger partial charge in [0.15, 0.2) is 11.6 Å². The van der Waals surface area contributed by atoms with Gasteiger partial charge in [-0.1, -0.05) is 6.07 Å². The summed E-state index contributed by atoms with van der Waals surface area (Å²) in [7, 11) is 1.36. The summed E-state index contributed by atoms with van der Waals surface area (Å²) in [5.41, 5.74) is -1.13. The van der Waals surface area contributed by atoms with Gasteiger partial charge in [-0.2, -0.15) is 0 Å². The van der Waals surface area contributed by atoms with Crippen LogP contribution in [-0.2, 0) is 0 Å². The van der Waals surface area contributed by atoms with Gasteiger partial charge < -0.3 is 10.4 Å². The SMILES string of the molecule is CN(C(=O)Nc1cc(F)c(F)c(C(F)F)c1)c1cccc(O)c1. The first-order valence-corrected chi connectivity index (χ1v) is 6.40. The average molecular weight is 328 g/mol. The quantitative estimate of drug-likeness (QED) is 0.827. The third kappa shape index (κ3) is 3.71. The molecule has 0 spiro atoms. The van der Waals surface area contributed by atoms with Crippen molar-refractivity contribution in [2.24, 2.45) is 0 Å². The maximum Gasteiger partial charge on any atom is 0.326 e. The largest absolute Gasteiger partial charge is 0.508 e. The van der Waals surface area contributed by atoms with Gasteiger partial charge in [0.05, 0.1) is 5.56 Å². The summed E-state index contributed by atoms with van der Waals surface area (Å²) in [6, 6.07) is 6.22. The van der Waals surface area contributed by atoms with E-state index in [4.69, 9.17) is 0 Å². The Bertz CT molecular complexity index is 737. The maximum atomic E-state index is 13.3. The zero-order valence-corrected chi connectivity index (χ0v) is 11.9. The van der Waals surface area contributed by atoms with E-state index in [-0.39, 0.29) is 11.4 Å². The molecular formula is C15H12F4N2O2. The number of benzene rings is 2. The molecule has 0 unspecified atom stereocenters. The lowest BCUT2D eigenvalue weighted by Gasteiger charge is -2.18. The highest BCUT2D eigenvalue weighted by atomic mass is 19.3. The zero-order valence-electron chi connectivity index (χ0n) is 11.9. The fraction of sp³-hybridized carbons (Fsp3) is 0.133. The Kier molecular flexibility index (Phi) is 4.73. The van der Waals surface area contributed by atoms with Crippen LogP contribution in [0.1, 0.15) is 12.0 Å². The first kappa shape index (κ1) is 16.6. The number of carbonyl (C=O) groups excluding carboxylic acids is 1. The molecule has 0 aliphatic heterocycles. The average Bonchev–Trinajstić information content (AvgIpc) is 2.49. The van der Waals surface area contributed by atoms with E-state index in [2.05, 4.69) is 5.32 Å². The van der Waals surface area contributed by atoms with Crippen LogP contribution in [0, 0.1) is 11.6 Å². The number of halogens is 4. The molecule has 0 fully saturated rings. The number of carbonyl (C=O) groups is 1. The molecule has 0 bridgehead atoms. The lowest BCUT2D eigenvalue weighted by Crippen LogP contribution is -2.31. The molecule has 0 aromatic heterocycles. The van der Waals surface area contributed by atoms with Crippen LogP contribution in [-0.4, -0.2) is 18.2 Å². The van der Waals surface area contributed by atoms with E-state index in [0.29, 0.717) is 17.8 Å². The first-order chi connectivity index (χ1) is 10.8. The second kappa shape index (κ2) is 6.55. The van der Waals surface area contributed by atoms with Crippen LogP contribution in [0.4, 0.5) is 33.7 Å². The van der Waals surface area contributed by atoms with Crippen LogP contribution in [0.5, 0.6) is 5.75 Å². The van der Waals surface area contributed by atoms with Crippen molar-refractivity contribution in [1.29, 1.82) is 0 Å². The monoisotopic (exact) mass is 328 g/mol. The van der Waals surface area contributed by atoms with Crippen LogP contribution in [0.3, 0.4) is 0 Å². The number of phenolic OH excluding ortho intramolecular Hbond substituents is 1. The van der Waals surface area contributed by atoms with E-state index in [0.717, 1.165) is 4.90 Å². The van der Waals surface area contributed by atoms with Gasteiger partial charge in [-0.25, -0.2) is 22.4 Å². The molecule has 0 saturated carbocycles. The summed E-state index contributed by atoms with van der Waals surface area (Å²) in [5, 5.41) is 11.6. The Morgan fingerprint density at radius 1 is 1.22 bits per heavy atom. The topological polar surface area (TPSA) is 52.6 Å². The van der Waals surface area contributed by atoms with Crippen LogP contribution in [0.2, 0.25) is 0 Å². The summed E-state index contributed by atoms with van der Waals surface area (Å²) in [6.45, 7) is 0. The Balaban J connectivity index is 2.23. The van der Waals surface area contributed by atoms with Crippen LogP contribution >= 0.6 is 0 Å². The Hall–Kier alpha value is -2.77. The molecule has 2 amide bonds. The first-order valence-electron chi connectivity index (χ1n) is 6.40. The fourth-order valence-corrected chi connectivity index (χ4v) is 1.87. The number of nitrogens with zero attached hydrogens (tertiary/aromatic N) is 1. The predicted molar refractivity (Wildman–Crippen MR) is 76.8 cm³/mol. The van der Waals surface area contributed by atoms with Crippen molar-refractivity contribution in [1.82, 2.24) is 0 Å². The third-order valence-electron chi connectivity index (χ3n) is 3.06. The number of hydrogen-bond acceptors (Lipinski definition) is 2. The number of nitrogens with one attached hydrogen (secondary N) is 1. The lowest BCUT2D eigenvalue weighted by molar-refractivity contribution is 0.145. The Morgan fingerprint density at radius 3 is 2.52 bits per heavy atom. The smallest absolute Gasteiger partial charge is 0.326 e. The standard InChI is InChI=1S/C15H12F4N2O2/c1-21(9-3-2-4-10(22)7-9)15(23)20-8-5-11(14(18)19)13(17)12(16)6-8/h2-7,14,22H,1H3,(H,20,23). The molecule has 23 heavy (non-hydrogen) atoms. The van der Waals surface area contributed by atoms with E-state index < -0.39 is 29.7 Å². The van der Waals surface area contributed by atoms with Crippen molar-refractivity contribution >= 4 is 17.4 Å². The number of urea groups is 1. The van der Waals surface area contributed by atoms with E-state index in [1.54, 1.807) is 0 Å². The summed E-state index contributed by atoms with van der Waals surface area (Å²) in [6.07, 6.45) is -3.22. The Labute approximate surface area is 129 Å². The molecule has 0 heterocycles. The molecule has 0 aliphatic carbocycles.